The van der Waals surface area contributed by atoms with E-state index in [1.165, 1.54) is 0 Å². The molecule has 0 radical (unpaired) electrons. The SMILES string of the molecule is CCOc1ccc(C(C)=O)cc1CN1CCOC(C#N)C1. The van der Waals surface area contributed by atoms with Gasteiger partial charge in [0.1, 0.15) is 5.75 Å². The normalized spacial score (nSPS) is 19.0. The molecule has 0 bridgehead atoms. The van der Waals surface area contributed by atoms with E-state index >= 15 is 0 Å². The second kappa shape index (κ2) is 7.21. The zero-order chi connectivity index (χ0) is 15.2. The van der Waals surface area contributed by atoms with Crippen molar-refractivity contribution in [3.05, 3.63) is 29.3 Å². The molecule has 1 aromatic rings. The molecule has 0 amide bonds. The molecule has 1 aliphatic rings. The summed E-state index contributed by atoms with van der Waals surface area (Å²) in [6.07, 6.45) is -0.384. The number of benzene rings is 1. The Morgan fingerprint density at radius 1 is 1.57 bits per heavy atom. The predicted octanol–water partition coefficient (Wildman–Crippen LogP) is 2.01. The highest BCUT2D eigenvalue weighted by molar-refractivity contribution is 5.94. The molecule has 21 heavy (non-hydrogen) atoms. The molecule has 0 aromatic heterocycles. The van der Waals surface area contributed by atoms with Crippen molar-refractivity contribution in [1.29, 1.82) is 5.26 Å². The molecular formula is C16H20N2O3. The molecule has 0 N–H and O–H groups in total. The Morgan fingerprint density at radius 3 is 3.05 bits per heavy atom. The van der Waals surface area contributed by atoms with E-state index in [2.05, 4.69) is 11.0 Å². The molecule has 1 atom stereocenters. The second-order valence-corrected chi connectivity index (χ2v) is 5.04. The third-order valence-electron chi connectivity index (χ3n) is 3.46. The van der Waals surface area contributed by atoms with Crippen LogP contribution in [-0.2, 0) is 11.3 Å². The maximum atomic E-state index is 11.5. The average Bonchev–Trinajstić information content (AvgIpc) is 2.49. The standard InChI is InChI=1S/C16H20N2O3/c1-3-20-16-5-4-13(12(2)19)8-14(16)10-18-6-7-21-15(9-17)11-18/h4-5,8,15H,3,6-7,10-11H2,1-2H3. The lowest BCUT2D eigenvalue weighted by Crippen LogP contribution is -2.41. The highest BCUT2D eigenvalue weighted by atomic mass is 16.5. The van der Waals surface area contributed by atoms with Gasteiger partial charge in [0.2, 0.25) is 0 Å². The molecule has 1 aromatic carbocycles. The molecule has 112 valence electrons. The van der Waals surface area contributed by atoms with Crippen molar-refractivity contribution in [1.82, 2.24) is 4.90 Å². The van der Waals surface area contributed by atoms with E-state index in [4.69, 9.17) is 14.7 Å². The number of ketones is 1. The van der Waals surface area contributed by atoms with Crippen LogP contribution in [-0.4, -0.2) is 43.1 Å². The van der Waals surface area contributed by atoms with Gasteiger partial charge in [0.25, 0.3) is 0 Å². The quantitative estimate of drug-likeness (QED) is 0.776. The zero-order valence-corrected chi connectivity index (χ0v) is 12.5. The third-order valence-corrected chi connectivity index (χ3v) is 3.46. The first-order valence-corrected chi connectivity index (χ1v) is 7.14. The van der Waals surface area contributed by atoms with Gasteiger partial charge in [0.05, 0.1) is 19.3 Å². The third kappa shape index (κ3) is 4.03. The van der Waals surface area contributed by atoms with E-state index < -0.39 is 0 Å². The zero-order valence-electron chi connectivity index (χ0n) is 12.5. The van der Waals surface area contributed by atoms with Crippen LogP contribution in [0.3, 0.4) is 0 Å². The van der Waals surface area contributed by atoms with Gasteiger partial charge in [-0.3, -0.25) is 9.69 Å². The monoisotopic (exact) mass is 288 g/mol. The lowest BCUT2D eigenvalue weighted by atomic mass is 10.1. The summed E-state index contributed by atoms with van der Waals surface area (Å²) < 4.78 is 11.0. The molecule has 1 heterocycles. The van der Waals surface area contributed by atoms with Crippen molar-refractivity contribution in [2.45, 2.75) is 26.5 Å². The molecule has 2 rings (SSSR count). The van der Waals surface area contributed by atoms with E-state index in [-0.39, 0.29) is 11.9 Å². The first-order valence-electron chi connectivity index (χ1n) is 7.14. The topological polar surface area (TPSA) is 62.6 Å². The summed E-state index contributed by atoms with van der Waals surface area (Å²) >= 11 is 0. The summed E-state index contributed by atoms with van der Waals surface area (Å²) in [6, 6.07) is 7.65. The van der Waals surface area contributed by atoms with Crippen molar-refractivity contribution in [3.63, 3.8) is 0 Å². The van der Waals surface area contributed by atoms with E-state index in [0.29, 0.717) is 31.9 Å². The van der Waals surface area contributed by atoms with Crippen molar-refractivity contribution in [3.8, 4) is 11.8 Å². The first kappa shape index (κ1) is 15.5. The average molecular weight is 288 g/mol. The largest absolute Gasteiger partial charge is 0.494 e. The van der Waals surface area contributed by atoms with E-state index in [1.807, 2.05) is 19.1 Å². The number of rotatable bonds is 5. The van der Waals surface area contributed by atoms with Crippen LogP contribution in [0.25, 0.3) is 0 Å². The number of ether oxygens (including phenoxy) is 2. The fourth-order valence-corrected chi connectivity index (χ4v) is 2.38. The molecule has 0 spiro atoms. The van der Waals surface area contributed by atoms with Crippen LogP contribution >= 0.6 is 0 Å². The molecule has 0 aliphatic carbocycles. The van der Waals surface area contributed by atoms with Crippen molar-refractivity contribution in [2.75, 3.05) is 26.3 Å². The molecule has 1 fully saturated rings. The lowest BCUT2D eigenvalue weighted by Gasteiger charge is -2.30. The summed E-state index contributed by atoms with van der Waals surface area (Å²) in [5, 5.41) is 8.96. The van der Waals surface area contributed by atoms with Crippen molar-refractivity contribution in [2.24, 2.45) is 0 Å². The van der Waals surface area contributed by atoms with Crippen molar-refractivity contribution < 1.29 is 14.3 Å². The van der Waals surface area contributed by atoms with E-state index in [0.717, 1.165) is 17.9 Å². The van der Waals surface area contributed by atoms with Crippen LogP contribution in [0, 0.1) is 11.3 Å². The number of morpholine rings is 1. The van der Waals surface area contributed by atoms with Crippen LogP contribution in [0.1, 0.15) is 29.8 Å². The Labute approximate surface area is 125 Å². The second-order valence-electron chi connectivity index (χ2n) is 5.04. The summed E-state index contributed by atoms with van der Waals surface area (Å²) in [5.74, 6) is 0.832. The van der Waals surface area contributed by atoms with E-state index in [9.17, 15) is 4.79 Å². The molecular weight excluding hydrogens is 268 g/mol. The minimum absolute atomic E-state index is 0.0381. The van der Waals surface area contributed by atoms with E-state index in [1.54, 1.807) is 13.0 Å². The van der Waals surface area contributed by atoms with Crippen LogP contribution in [0.15, 0.2) is 18.2 Å². The number of nitrogens with zero attached hydrogens (tertiary/aromatic N) is 2. The van der Waals surface area contributed by atoms with Gasteiger partial charge in [-0.2, -0.15) is 5.26 Å². The van der Waals surface area contributed by atoms with Gasteiger partial charge in [-0.05, 0) is 32.0 Å². The highest BCUT2D eigenvalue weighted by Gasteiger charge is 2.21. The Hall–Kier alpha value is -1.90. The minimum Gasteiger partial charge on any atom is -0.494 e. The molecule has 0 saturated carbocycles. The van der Waals surface area contributed by atoms with Gasteiger partial charge in [-0.25, -0.2) is 0 Å². The van der Waals surface area contributed by atoms with Gasteiger partial charge in [-0.1, -0.05) is 0 Å². The van der Waals surface area contributed by atoms with Crippen LogP contribution in [0.4, 0.5) is 0 Å². The van der Waals surface area contributed by atoms with Crippen LogP contribution in [0.2, 0.25) is 0 Å². The van der Waals surface area contributed by atoms with Gasteiger partial charge >= 0.3 is 0 Å². The number of carbonyl (C=O) groups excluding carboxylic acids is 1. The van der Waals surface area contributed by atoms with Gasteiger partial charge in [0, 0.05) is 30.8 Å². The van der Waals surface area contributed by atoms with Crippen LogP contribution < -0.4 is 4.74 Å². The Bertz CT molecular complexity index is 551. The minimum atomic E-state index is -0.384. The fourth-order valence-electron chi connectivity index (χ4n) is 2.38. The van der Waals surface area contributed by atoms with Gasteiger partial charge in [0.15, 0.2) is 11.9 Å². The van der Waals surface area contributed by atoms with Gasteiger partial charge < -0.3 is 9.47 Å². The summed E-state index contributed by atoms with van der Waals surface area (Å²) in [7, 11) is 0. The van der Waals surface area contributed by atoms with Crippen molar-refractivity contribution >= 4 is 5.78 Å². The molecule has 1 saturated heterocycles. The number of hydrogen-bond donors (Lipinski definition) is 0. The summed E-state index contributed by atoms with van der Waals surface area (Å²) in [5.41, 5.74) is 1.65. The smallest absolute Gasteiger partial charge is 0.159 e. The molecule has 1 unspecified atom stereocenters. The molecule has 5 heteroatoms. The maximum absolute atomic E-state index is 11.5. The molecule has 1 aliphatic heterocycles. The van der Waals surface area contributed by atoms with Crippen LogP contribution in [0.5, 0.6) is 5.75 Å². The Morgan fingerprint density at radius 2 is 2.38 bits per heavy atom. The lowest BCUT2D eigenvalue weighted by molar-refractivity contribution is -0.00296. The highest BCUT2D eigenvalue weighted by Crippen LogP contribution is 2.23. The predicted molar refractivity (Wildman–Crippen MR) is 78.2 cm³/mol. The number of hydrogen-bond acceptors (Lipinski definition) is 5. The number of carbonyl (C=O) groups is 1. The summed E-state index contributed by atoms with van der Waals surface area (Å²) in [6.45, 7) is 6.62. The molecule has 5 nitrogen and oxygen atoms in total. The van der Waals surface area contributed by atoms with Gasteiger partial charge in [-0.15, -0.1) is 0 Å². The Kier molecular flexibility index (Phi) is 5.32. The fraction of sp³-hybridized carbons (Fsp3) is 0.500. The summed E-state index contributed by atoms with van der Waals surface area (Å²) in [4.78, 5) is 13.7. The number of Topliss-reactive ketones (excluding diaryl/α,β-unsaturated/α-hetero) is 1. The first-order chi connectivity index (χ1) is 10.1. The number of nitriles is 1. The maximum Gasteiger partial charge on any atom is 0.159 e. The Balaban J connectivity index is 2.18.